The standard InChI is InChI=1S/C16H12N4O4/c1-9(21)17-12-7-6-10(20(23)24)8-11(12)15-16(22)19-14-5-3-2-4-13(14)18-15/h2-8H,1H3,(H,17,21)(H,19,22). The number of para-hydroxylation sites is 2. The molecule has 1 heterocycles. The lowest BCUT2D eigenvalue weighted by atomic mass is 10.1. The molecule has 1 amide bonds. The number of carbonyl (C=O) groups is 1. The molecule has 1 aromatic heterocycles. The van der Waals surface area contributed by atoms with Crippen LogP contribution in [0.4, 0.5) is 11.4 Å². The van der Waals surface area contributed by atoms with E-state index in [1.54, 1.807) is 24.3 Å². The van der Waals surface area contributed by atoms with Crippen LogP contribution in [0.15, 0.2) is 47.3 Å². The van der Waals surface area contributed by atoms with Crippen molar-refractivity contribution in [1.82, 2.24) is 9.97 Å². The summed E-state index contributed by atoms with van der Waals surface area (Å²) in [4.78, 5) is 41.1. The maximum Gasteiger partial charge on any atom is 0.275 e. The number of nitrogens with one attached hydrogen (secondary N) is 2. The highest BCUT2D eigenvalue weighted by atomic mass is 16.6. The Balaban J connectivity index is 2.28. The van der Waals surface area contributed by atoms with Gasteiger partial charge in [-0.3, -0.25) is 19.7 Å². The van der Waals surface area contributed by atoms with Crippen molar-refractivity contribution in [3.63, 3.8) is 0 Å². The van der Waals surface area contributed by atoms with Gasteiger partial charge in [0.15, 0.2) is 0 Å². The molecule has 8 nitrogen and oxygen atoms in total. The Labute approximate surface area is 135 Å². The summed E-state index contributed by atoms with van der Waals surface area (Å²) < 4.78 is 0. The highest BCUT2D eigenvalue weighted by Crippen LogP contribution is 2.29. The fraction of sp³-hybridized carbons (Fsp3) is 0.0625. The lowest BCUT2D eigenvalue weighted by Crippen LogP contribution is -2.14. The van der Waals surface area contributed by atoms with Crippen LogP contribution >= 0.6 is 0 Å². The van der Waals surface area contributed by atoms with Crippen LogP contribution in [0.3, 0.4) is 0 Å². The quantitative estimate of drug-likeness (QED) is 0.566. The van der Waals surface area contributed by atoms with Crippen LogP contribution in [0.25, 0.3) is 22.3 Å². The molecule has 24 heavy (non-hydrogen) atoms. The number of nitro groups is 1. The Bertz CT molecular complexity index is 1030. The van der Waals surface area contributed by atoms with Gasteiger partial charge >= 0.3 is 0 Å². The number of non-ortho nitro benzene ring substituents is 1. The Morgan fingerprint density at radius 3 is 2.71 bits per heavy atom. The van der Waals surface area contributed by atoms with Crippen molar-refractivity contribution in [3.05, 3.63) is 62.9 Å². The summed E-state index contributed by atoms with van der Waals surface area (Å²) in [5, 5.41) is 13.6. The van der Waals surface area contributed by atoms with E-state index >= 15 is 0 Å². The Morgan fingerprint density at radius 2 is 2.00 bits per heavy atom. The molecule has 0 aliphatic heterocycles. The molecule has 3 aromatic rings. The van der Waals surface area contributed by atoms with Gasteiger partial charge in [0.2, 0.25) is 5.91 Å². The molecular weight excluding hydrogens is 312 g/mol. The molecule has 2 N–H and O–H groups in total. The lowest BCUT2D eigenvalue weighted by molar-refractivity contribution is -0.384. The molecule has 0 unspecified atom stereocenters. The minimum Gasteiger partial charge on any atom is -0.326 e. The summed E-state index contributed by atoms with van der Waals surface area (Å²) in [6.45, 7) is 1.31. The molecule has 0 saturated carbocycles. The van der Waals surface area contributed by atoms with E-state index in [1.165, 1.54) is 25.1 Å². The van der Waals surface area contributed by atoms with Crippen molar-refractivity contribution < 1.29 is 9.72 Å². The molecule has 8 heteroatoms. The molecule has 0 fully saturated rings. The number of anilines is 1. The zero-order valence-electron chi connectivity index (χ0n) is 12.6. The molecule has 0 aliphatic carbocycles. The summed E-state index contributed by atoms with van der Waals surface area (Å²) in [7, 11) is 0. The fourth-order valence-electron chi connectivity index (χ4n) is 2.35. The van der Waals surface area contributed by atoms with Gasteiger partial charge in [-0.25, -0.2) is 4.98 Å². The number of aromatic nitrogens is 2. The van der Waals surface area contributed by atoms with Crippen molar-refractivity contribution in [2.45, 2.75) is 6.92 Å². The van der Waals surface area contributed by atoms with Crippen LogP contribution in [0.5, 0.6) is 0 Å². The number of hydrogen-bond donors (Lipinski definition) is 2. The van der Waals surface area contributed by atoms with E-state index in [-0.39, 0.29) is 28.5 Å². The second-order valence-electron chi connectivity index (χ2n) is 5.10. The second-order valence-corrected chi connectivity index (χ2v) is 5.10. The van der Waals surface area contributed by atoms with Gasteiger partial charge in [-0.2, -0.15) is 0 Å². The monoisotopic (exact) mass is 324 g/mol. The molecule has 120 valence electrons. The van der Waals surface area contributed by atoms with E-state index in [9.17, 15) is 19.7 Å². The minimum atomic E-state index is -0.573. The molecule has 3 rings (SSSR count). The predicted octanol–water partition coefficient (Wildman–Crippen LogP) is 2.46. The smallest absolute Gasteiger partial charge is 0.275 e. The Morgan fingerprint density at radius 1 is 1.25 bits per heavy atom. The van der Waals surface area contributed by atoms with Gasteiger partial charge in [0, 0.05) is 24.6 Å². The summed E-state index contributed by atoms with van der Waals surface area (Å²) in [5.74, 6) is -0.359. The number of aromatic amines is 1. The first-order chi connectivity index (χ1) is 11.5. The van der Waals surface area contributed by atoms with Gasteiger partial charge < -0.3 is 10.3 Å². The zero-order chi connectivity index (χ0) is 17.3. The number of rotatable bonds is 3. The fourth-order valence-corrected chi connectivity index (χ4v) is 2.35. The van der Waals surface area contributed by atoms with Crippen molar-refractivity contribution in [2.75, 3.05) is 5.32 Å². The van der Waals surface area contributed by atoms with Crippen molar-refractivity contribution >= 4 is 28.3 Å². The van der Waals surface area contributed by atoms with E-state index in [0.717, 1.165) is 0 Å². The first-order valence-corrected chi connectivity index (χ1v) is 7.01. The normalized spacial score (nSPS) is 10.5. The van der Waals surface area contributed by atoms with E-state index in [4.69, 9.17) is 0 Å². The van der Waals surface area contributed by atoms with Gasteiger partial charge in [0.1, 0.15) is 5.69 Å². The number of carbonyl (C=O) groups excluding carboxylic acids is 1. The predicted molar refractivity (Wildman–Crippen MR) is 88.8 cm³/mol. The third-order valence-electron chi connectivity index (χ3n) is 3.38. The van der Waals surface area contributed by atoms with Gasteiger partial charge in [0.25, 0.3) is 11.2 Å². The third-order valence-corrected chi connectivity index (χ3v) is 3.38. The molecular formula is C16H12N4O4. The summed E-state index contributed by atoms with van der Waals surface area (Å²) in [5.41, 5.74) is 0.855. The zero-order valence-corrected chi connectivity index (χ0v) is 12.6. The number of amides is 1. The van der Waals surface area contributed by atoms with E-state index < -0.39 is 10.5 Å². The number of benzene rings is 2. The van der Waals surface area contributed by atoms with Gasteiger partial charge in [-0.15, -0.1) is 0 Å². The highest BCUT2D eigenvalue weighted by Gasteiger charge is 2.17. The topological polar surface area (TPSA) is 118 Å². The molecule has 0 bridgehead atoms. The minimum absolute atomic E-state index is 0.00106. The number of nitro benzene ring substituents is 1. The maximum atomic E-state index is 12.4. The van der Waals surface area contributed by atoms with Crippen LogP contribution in [-0.2, 0) is 4.79 Å². The summed E-state index contributed by atoms with van der Waals surface area (Å²) in [6, 6.07) is 10.8. The van der Waals surface area contributed by atoms with Crippen LogP contribution in [0.2, 0.25) is 0 Å². The van der Waals surface area contributed by atoms with Gasteiger partial charge in [-0.05, 0) is 18.2 Å². The Hall–Kier alpha value is -3.55. The number of fused-ring (bicyclic) bond motifs is 1. The summed E-state index contributed by atoms with van der Waals surface area (Å²) in [6.07, 6.45) is 0. The average molecular weight is 324 g/mol. The second kappa shape index (κ2) is 5.92. The lowest BCUT2D eigenvalue weighted by Gasteiger charge is -2.09. The van der Waals surface area contributed by atoms with Gasteiger partial charge in [0.05, 0.1) is 21.6 Å². The van der Waals surface area contributed by atoms with Crippen LogP contribution < -0.4 is 10.9 Å². The molecule has 0 saturated heterocycles. The molecule has 2 aromatic carbocycles. The van der Waals surface area contributed by atoms with Crippen molar-refractivity contribution in [3.8, 4) is 11.3 Å². The van der Waals surface area contributed by atoms with Crippen LogP contribution in [0, 0.1) is 10.1 Å². The van der Waals surface area contributed by atoms with E-state index in [0.29, 0.717) is 11.0 Å². The molecule has 0 aliphatic rings. The Kier molecular flexibility index (Phi) is 3.78. The maximum absolute atomic E-state index is 12.4. The molecule has 0 spiro atoms. The van der Waals surface area contributed by atoms with Crippen molar-refractivity contribution in [2.24, 2.45) is 0 Å². The van der Waals surface area contributed by atoms with Crippen LogP contribution in [-0.4, -0.2) is 20.8 Å². The number of nitrogens with zero attached hydrogens (tertiary/aromatic N) is 2. The average Bonchev–Trinajstić information content (AvgIpc) is 2.54. The van der Waals surface area contributed by atoms with Crippen LogP contribution in [0.1, 0.15) is 6.92 Å². The first kappa shape index (κ1) is 15.3. The van der Waals surface area contributed by atoms with Gasteiger partial charge in [-0.1, -0.05) is 12.1 Å². The molecule has 0 radical (unpaired) electrons. The van der Waals surface area contributed by atoms with E-state index in [1.807, 2.05) is 0 Å². The van der Waals surface area contributed by atoms with Crippen molar-refractivity contribution in [1.29, 1.82) is 0 Å². The van der Waals surface area contributed by atoms with E-state index in [2.05, 4.69) is 15.3 Å². The number of H-pyrrole nitrogens is 1. The summed E-state index contributed by atoms with van der Waals surface area (Å²) >= 11 is 0. The number of hydrogen-bond acceptors (Lipinski definition) is 5. The largest absolute Gasteiger partial charge is 0.326 e. The molecule has 0 atom stereocenters. The first-order valence-electron chi connectivity index (χ1n) is 7.01. The highest BCUT2D eigenvalue weighted by molar-refractivity contribution is 5.94. The SMILES string of the molecule is CC(=O)Nc1ccc([N+](=O)[O-])cc1-c1nc2ccccc2[nH]c1=O. The third kappa shape index (κ3) is 2.84.